The molecule has 1 aromatic heterocycles. The van der Waals surface area contributed by atoms with Crippen molar-refractivity contribution in [1.29, 1.82) is 0 Å². The van der Waals surface area contributed by atoms with E-state index in [2.05, 4.69) is 48.1 Å². The van der Waals surface area contributed by atoms with E-state index in [-0.39, 0.29) is 0 Å². The fourth-order valence-electron chi connectivity index (χ4n) is 1.64. The number of pyridine rings is 1. The van der Waals surface area contributed by atoms with E-state index < -0.39 is 0 Å². The third kappa shape index (κ3) is 3.49. The van der Waals surface area contributed by atoms with Crippen molar-refractivity contribution in [1.82, 2.24) is 10.3 Å². The maximum absolute atomic E-state index is 4.49. The van der Waals surface area contributed by atoms with Crippen LogP contribution in [0.25, 0.3) is 0 Å². The van der Waals surface area contributed by atoms with Crippen LogP contribution in [0, 0.1) is 0 Å². The Bertz CT molecular complexity index is 293. The molecule has 0 atom stereocenters. The summed E-state index contributed by atoms with van der Waals surface area (Å²) >= 11 is 0. The van der Waals surface area contributed by atoms with E-state index in [9.17, 15) is 0 Å². The molecule has 1 N–H and O–H groups in total. The molecule has 1 aromatic rings. The first-order valence-corrected chi connectivity index (χ1v) is 6.04. The minimum atomic E-state index is 0.501. The molecule has 1 heterocycles. The van der Waals surface area contributed by atoms with Crippen LogP contribution in [-0.4, -0.2) is 31.7 Å². The van der Waals surface area contributed by atoms with Gasteiger partial charge in [-0.25, -0.2) is 0 Å². The molecule has 0 aliphatic carbocycles. The van der Waals surface area contributed by atoms with Crippen LogP contribution < -0.4 is 10.2 Å². The molecule has 0 aliphatic heterocycles. The second kappa shape index (κ2) is 6.48. The van der Waals surface area contributed by atoms with Crippen LogP contribution in [0.4, 0.5) is 5.69 Å². The monoisotopic (exact) mass is 221 g/mol. The summed E-state index contributed by atoms with van der Waals surface area (Å²) in [5, 5.41) is 3.17. The molecule has 0 saturated carbocycles. The largest absolute Gasteiger partial charge is 0.369 e. The number of nitrogens with zero attached hydrogens (tertiary/aromatic N) is 2. The van der Waals surface area contributed by atoms with Gasteiger partial charge in [-0.3, -0.25) is 4.98 Å². The summed E-state index contributed by atoms with van der Waals surface area (Å²) in [6, 6.07) is 4.30. The number of anilines is 1. The lowest BCUT2D eigenvalue weighted by molar-refractivity contribution is 0.733. The van der Waals surface area contributed by atoms with Crippen LogP contribution >= 0.6 is 0 Å². The molecule has 16 heavy (non-hydrogen) atoms. The Kier molecular flexibility index (Phi) is 5.26. The van der Waals surface area contributed by atoms with Gasteiger partial charge < -0.3 is 10.2 Å². The quantitative estimate of drug-likeness (QED) is 0.798. The minimum Gasteiger partial charge on any atom is -0.369 e. The topological polar surface area (TPSA) is 28.2 Å². The molecule has 0 amide bonds. The summed E-state index contributed by atoms with van der Waals surface area (Å²) in [5.41, 5.74) is 2.37. The van der Waals surface area contributed by atoms with Crippen molar-refractivity contribution in [3.63, 3.8) is 0 Å². The van der Waals surface area contributed by atoms with Crippen molar-refractivity contribution in [2.75, 3.05) is 31.6 Å². The summed E-state index contributed by atoms with van der Waals surface area (Å²) < 4.78 is 0. The van der Waals surface area contributed by atoms with E-state index >= 15 is 0 Å². The molecule has 0 radical (unpaired) electrons. The summed E-state index contributed by atoms with van der Waals surface area (Å²) in [5.74, 6) is 0.501. The molecule has 3 heteroatoms. The highest BCUT2D eigenvalue weighted by Crippen LogP contribution is 2.16. The van der Waals surface area contributed by atoms with Gasteiger partial charge in [-0.2, -0.15) is 0 Å². The highest BCUT2D eigenvalue weighted by molar-refractivity contribution is 5.44. The van der Waals surface area contributed by atoms with Gasteiger partial charge in [0.1, 0.15) is 0 Å². The molecule has 0 aromatic carbocycles. The summed E-state index contributed by atoms with van der Waals surface area (Å²) in [4.78, 5) is 6.82. The standard InChI is InChI=1S/C13H23N3/c1-5-16(9-8-14-4)12-6-7-13(11(2)3)15-10-12/h6-7,10-11,14H,5,8-9H2,1-4H3. The average molecular weight is 221 g/mol. The number of hydrogen-bond acceptors (Lipinski definition) is 3. The van der Waals surface area contributed by atoms with Crippen LogP contribution in [0.3, 0.4) is 0 Å². The normalized spacial score (nSPS) is 10.8. The third-order valence-electron chi connectivity index (χ3n) is 2.74. The minimum absolute atomic E-state index is 0.501. The van der Waals surface area contributed by atoms with Gasteiger partial charge in [0.25, 0.3) is 0 Å². The summed E-state index contributed by atoms with van der Waals surface area (Å²) in [6.45, 7) is 9.55. The molecule has 1 rings (SSSR count). The first kappa shape index (κ1) is 13.0. The zero-order valence-corrected chi connectivity index (χ0v) is 10.8. The fraction of sp³-hybridized carbons (Fsp3) is 0.615. The first-order valence-electron chi connectivity index (χ1n) is 6.04. The maximum Gasteiger partial charge on any atom is 0.0553 e. The lowest BCUT2D eigenvalue weighted by Crippen LogP contribution is -2.30. The van der Waals surface area contributed by atoms with Crippen LogP contribution in [0.2, 0.25) is 0 Å². The second-order valence-electron chi connectivity index (χ2n) is 4.28. The molecule has 0 saturated heterocycles. The van der Waals surface area contributed by atoms with E-state index in [1.54, 1.807) is 0 Å². The van der Waals surface area contributed by atoms with E-state index in [0.29, 0.717) is 5.92 Å². The molecular weight excluding hydrogens is 198 g/mol. The number of likely N-dealkylation sites (N-methyl/N-ethyl adjacent to an activating group) is 2. The molecule has 0 unspecified atom stereocenters. The highest BCUT2D eigenvalue weighted by atomic mass is 15.1. The molecular formula is C13H23N3. The molecule has 0 spiro atoms. The molecule has 0 bridgehead atoms. The van der Waals surface area contributed by atoms with Gasteiger partial charge >= 0.3 is 0 Å². The van der Waals surface area contributed by atoms with Crippen molar-refractivity contribution in [3.05, 3.63) is 24.0 Å². The Hall–Kier alpha value is -1.09. The zero-order chi connectivity index (χ0) is 12.0. The van der Waals surface area contributed by atoms with Gasteiger partial charge in [-0.15, -0.1) is 0 Å². The molecule has 90 valence electrons. The van der Waals surface area contributed by atoms with Gasteiger partial charge in [-0.1, -0.05) is 13.8 Å². The highest BCUT2D eigenvalue weighted by Gasteiger charge is 2.05. The maximum atomic E-state index is 4.49. The average Bonchev–Trinajstić information content (AvgIpc) is 2.30. The van der Waals surface area contributed by atoms with E-state index in [4.69, 9.17) is 0 Å². The third-order valence-corrected chi connectivity index (χ3v) is 2.74. The number of rotatable bonds is 6. The van der Waals surface area contributed by atoms with Gasteiger partial charge in [0.05, 0.1) is 11.9 Å². The van der Waals surface area contributed by atoms with Crippen molar-refractivity contribution < 1.29 is 0 Å². The Morgan fingerprint density at radius 3 is 2.56 bits per heavy atom. The van der Waals surface area contributed by atoms with Crippen molar-refractivity contribution in [2.24, 2.45) is 0 Å². The number of aromatic nitrogens is 1. The Morgan fingerprint density at radius 2 is 2.12 bits per heavy atom. The van der Waals surface area contributed by atoms with Crippen LogP contribution in [-0.2, 0) is 0 Å². The van der Waals surface area contributed by atoms with Crippen molar-refractivity contribution in [2.45, 2.75) is 26.7 Å². The molecule has 0 fully saturated rings. The fourth-order valence-corrected chi connectivity index (χ4v) is 1.64. The van der Waals surface area contributed by atoms with Gasteiger partial charge in [0.15, 0.2) is 0 Å². The predicted octanol–water partition coefficient (Wildman–Crippen LogP) is 2.25. The van der Waals surface area contributed by atoms with E-state index in [1.165, 1.54) is 5.69 Å². The smallest absolute Gasteiger partial charge is 0.0553 e. The Balaban J connectivity index is 2.70. The number of nitrogens with one attached hydrogen (secondary N) is 1. The van der Waals surface area contributed by atoms with Gasteiger partial charge in [-0.05, 0) is 32.0 Å². The summed E-state index contributed by atoms with van der Waals surface area (Å²) in [7, 11) is 1.98. The van der Waals surface area contributed by atoms with Crippen LogP contribution in [0.5, 0.6) is 0 Å². The Labute approximate surface area is 98.9 Å². The number of hydrogen-bond donors (Lipinski definition) is 1. The lowest BCUT2D eigenvalue weighted by Gasteiger charge is -2.22. The SMILES string of the molecule is CCN(CCNC)c1ccc(C(C)C)nc1. The zero-order valence-electron chi connectivity index (χ0n) is 10.8. The van der Waals surface area contributed by atoms with Crippen molar-refractivity contribution in [3.8, 4) is 0 Å². The van der Waals surface area contributed by atoms with Crippen LogP contribution in [0.1, 0.15) is 32.4 Å². The lowest BCUT2D eigenvalue weighted by atomic mass is 10.1. The van der Waals surface area contributed by atoms with E-state index in [0.717, 1.165) is 25.3 Å². The summed E-state index contributed by atoms with van der Waals surface area (Å²) in [6.07, 6.45) is 1.98. The van der Waals surface area contributed by atoms with E-state index in [1.807, 2.05) is 13.2 Å². The predicted molar refractivity (Wildman–Crippen MR) is 70.1 cm³/mol. The van der Waals surface area contributed by atoms with Crippen LogP contribution in [0.15, 0.2) is 18.3 Å². The second-order valence-corrected chi connectivity index (χ2v) is 4.28. The van der Waals surface area contributed by atoms with Gasteiger partial charge in [0.2, 0.25) is 0 Å². The first-order chi connectivity index (χ1) is 7.69. The van der Waals surface area contributed by atoms with Crippen molar-refractivity contribution >= 4 is 5.69 Å². The molecule has 0 aliphatic rings. The molecule has 3 nitrogen and oxygen atoms in total. The van der Waals surface area contributed by atoms with Gasteiger partial charge in [0, 0.05) is 25.3 Å². The Morgan fingerprint density at radius 1 is 1.38 bits per heavy atom.